The zero-order chi connectivity index (χ0) is 14.1. The molecule has 0 N–H and O–H groups in total. The smallest absolute Gasteiger partial charge is 0.189 e. The van der Waals surface area contributed by atoms with Crippen LogP contribution in [0, 0.1) is 5.92 Å². The van der Waals surface area contributed by atoms with Gasteiger partial charge in [0, 0.05) is 5.92 Å². The molecule has 1 saturated carbocycles. The molecule has 5 heteroatoms. The third-order valence-electron chi connectivity index (χ3n) is 3.81. The Kier molecular flexibility index (Phi) is 5.32. The second kappa shape index (κ2) is 5.81. The molecule has 106 valence electrons. The summed E-state index contributed by atoms with van der Waals surface area (Å²) in [5, 5.41) is 0.103. The normalized spacial score (nSPS) is 26.4. The maximum atomic E-state index is 11.5. The molecule has 0 amide bonds. The van der Waals surface area contributed by atoms with Gasteiger partial charge in [0.25, 0.3) is 0 Å². The molecule has 18 heavy (non-hydrogen) atoms. The van der Waals surface area contributed by atoms with Crippen molar-refractivity contribution in [1.29, 1.82) is 0 Å². The highest BCUT2D eigenvalue weighted by Gasteiger charge is 2.41. The van der Waals surface area contributed by atoms with E-state index in [4.69, 9.17) is 0 Å². The molecule has 1 fully saturated rings. The zero-order valence-electron chi connectivity index (χ0n) is 12.8. The highest BCUT2D eigenvalue weighted by Crippen LogP contribution is 2.34. The van der Waals surface area contributed by atoms with Crippen molar-refractivity contribution in [1.82, 2.24) is 4.23 Å². The minimum absolute atomic E-state index is 0.103. The van der Waals surface area contributed by atoms with Gasteiger partial charge in [0.15, 0.2) is 5.12 Å². The van der Waals surface area contributed by atoms with Crippen LogP contribution in [0.4, 0.5) is 0 Å². The summed E-state index contributed by atoms with van der Waals surface area (Å²) in [4.78, 5) is 11.5. The number of rotatable bonds is 4. The number of carbonyl (C=O) groups is 1. The van der Waals surface area contributed by atoms with Crippen molar-refractivity contribution in [2.45, 2.75) is 71.0 Å². The lowest BCUT2D eigenvalue weighted by molar-refractivity contribution is -0.115. The number of nitrogens with zero attached hydrogens (tertiary/aromatic N) is 1. The zero-order valence-corrected chi connectivity index (χ0v) is 15.7. The van der Waals surface area contributed by atoms with Crippen LogP contribution in [0.3, 0.4) is 0 Å². The highest BCUT2D eigenvalue weighted by molar-refractivity contribution is 7.96. The summed E-state index contributed by atoms with van der Waals surface area (Å²) in [5.41, 5.74) is 0. The topological polar surface area (TPSA) is 20.3 Å². The van der Waals surface area contributed by atoms with E-state index in [0.29, 0.717) is 6.04 Å². The third kappa shape index (κ3) is 4.22. The first-order valence-corrected chi connectivity index (χ1v) is 14.4. The average Bonchev–Trinajstić information content (AvgIpc) is 2.13. The SMILES string of the molecule is C[Si](C)(C)N(C1CCCC(C(=O)S)C1)[Si](C)(C)C. The average molecular weight is 304 g/mol. The van der Waals surface area contributed by atoms with Gasteiger partial charge in [0.2, 0.25) is 0 Å². The number of hydrogen-bond donors (Lipinski definition) is 1. The van der Waals surface area contributed by atoms with Gasteiger partial charge in [-0.15, -0.1) is 12.6 Å². The fourth-order valence-electron chi connectivity index (χ4n) is 3.72. The maximum absolute atomic E-state index is 11.5. The van der Waals surface area contributed by atoms with E-state index in [2.05, 4.69) is 56.1 Å². The standard InChI is InChI=1S/C13H29NOSSi2/c1-17(2,3)14(18(4,5)6)12-9-7-8-11(10-12)13(15)16/h11-12H,7-10H2,1-6H3,(H,15,16). The molecule has 0 bridgehead atoms. The van der Waals surface area contributed by atoms with E-state index < -0.39 is 16.5 Å². The van der Waals surface area contributed by atoms with Gasteiger partial charge in [-0.05, 0) is 25.3 Å². The predicted octanol–water partition coefficient (Wildman–Crippen LogP) is 3.97. The Hall–Kier alpha value is 0.414. The Bertz CT molecular complexity index is 295. The molecular weight excluding hydrogens is 274 g/mol. The monoisotopic (exact) mass is 303 g/mol. The summed E-state index contributed by atoms with van der Waals surface area (Å²) >= 11 is 4.06. The lowest BCUT2D eigenvalue weighted by Crippen LogP contribution is -2.64. The Morgan fingerprint density at radius 2 is 1.56 bits per heavy atom. The molecular formula is C13H29NOSSi2. The van der Waals surface area contributed by atoms with Crippen molar-refractivity contribution in [3.63, 3.8) is 0 Å². The quantitative estimate of drug-likeness (QED) is 0.626. The third-order valence-corrected chi connectivity index (χ3v) is 11.8. The van der Waals surface area contributed by atoms with E-state index in [1.807, 2.05) is 0 Å². The van der Waals surface area contributed by atoms with Gasteiger partial charge in [-0.25, -0.2) is 0 Å². The second-order valence-electron chi connectivity index (χ2n) is 7.57. The first-order valence-electron chi connectivity index (χ1n) is 7.05. The van der Waals surface area contributed by atoms with Crippen molar-refractivity contribution in [3.05, 3.63) is 0 Å². The molecule has 0 radical (unpaired) electrons. The Morgan fingerprint density at radius 1 is 1.06 bits per heavy atom. The Labute approximate surface area is 120 Å². The van der Waals surface area contributed by atoms with Crippen LogP contribution in [-0.4, -0.2) is 31.9 Å². The minimum Gasteiger partial charge on any atom is -0.343 e. The fraction of sp³-hybridized carbons (Fsp3) is 0.923. The molecule has 0 aliphatic heterocycles. The van der Waals surface area contributed by atoms with Crippen molar-refractivity contribution in [2.24, 2.45) is 5.92 Å². The number of hydrogen-bond acceptors (Lipinski definition) is 2. The van der Waals surface area contributed by atoms with Gasteiger partial charge in [-0.2, -0.15) is 0 Å². The number of thiol groups is 1. The van der Waals surface area contributed by atoms with E-state index in [0.717, 1.165) is 12.8 Å². The molecule has 1 rings (SSSR count). The molecule has 1 aliphatic rings. The summed E-state index contributed by atoms with van der Waals surface area (Å²) in [6, 6.07) is 0.623. The molecule has 0 heterocycles. The predicted molar refractivity (Wildman–Crippen MR) is 88.3 cm³/mol. The van der Waals surface area contributed by atoms with Gasteiger partial charge in [0.05, 0.1) is 0 Å². The number of carbonyl (C=O) groups excluding carboxylic acids is 1. The van der Waals surface area contributed by atoms with Crippen LogP contribution in [0.15, 0.2) is 0 Å². The second-order valence-corrected chi connectivity index (χ2v) is 18.1. The lowest BCUT2D eigenvalue weighted by atomic mass is 9.87. The summed E-state index contributed by atoms with van der Waals surface area (Å²) in [6.07, 6.45) is 4.54. The van der Waals surface area contributed by atoms with E-state index in [1.165, 1.54) is 12.8 Å². The van der Waals surface area contributed by atoms with E-state index in [9.17, 15) is 4.79 Å². The summed E-state index contributed by atoms with van der Waals surface area (Å²) in [5.74, 6) is 0.197. The molecule has 0 aromatic rings. The molecule has 0 aromatic carbocycles. The van der Waals surface area contributed by atoms with E-state index in [1.54, 1.807) is 0 Å². The van der Waals surface area contributed by atoms with Crippen molar-refractivity contribution in [3.8, 4) is 0 Å². The van der Waals surface area contributed by atoms with Gasteiger partial charge in [-0.3, -0.25) is 4.79 Å². The highest BCUT2D eigenvalue weighted by atomic mass is 32.1. The van der Waals surface area contributed by atoms with Gasteiger partial charge < -0.3 is 4.23 Å². The van der Waals surface area contributed by atoms with Crippen LogP contribution < -0.4 is 0 Å². The largest absolute Gasteiger partial charge is 0.343 e. The van der Waals surface area contributed by atoms with Crippen LogP contribution in [0.2, 0.25) is 39.3 Å². The first-order chi connectivity index (χ1) is 8.03. The van der Waals surface area contributed by atoms with Crippen LogP contribution in [0.1, 0.15) is 25.7 Å². The van der Waals surface area contributed by atoms with Gasteiger partial charge in [-0.1, -0.05) is 45.7 Å². The Balaban J connectivity index is 2.90. The molecule has 2 nitrogen and oxygen atoms in total. The van der Waals surface area contributed by atoms with Crippen LogP contribution in [0.25, 0.3) is 0 Å². The molecule has 0 spiro atoms. The molecule has 1 aliphatic carbocycles. The van der Waals surface area contributed by atoms with Crippen LogP contribution >= 0.6 is 12.6 Å². The molecule has 2 atom stereocenters. The lowest BCUT2D eigenvalue weighted by Gasteiger charge is -2.50. The van der Waals surface area contributed by atoms with Gasteiger partial charge >= 0.3 is 0 Å². The summed E-state index contributed by atoms with van der Waals surface area (Å²) in [7, 11) is -2.63. The molecule has 0 saturated heterocycles. The van der Waals surface area contributed by atoms with Crippen LogP contribution in [0.5, 0.6) is 0 Å². The minimum atomic E-state index is -1.32. The summed E-state index contributed by atoms with van der Waals surface area (Å²) < 4.78 is 2.86. The fourth-order valence-corrected chi connectivity index (χ4v) is 14.7. The molecule has 2 unspecified atom stereocenters. The van der Waals surface area contributed by atoms with Gasteiger partial charge in [0.1, 0.15) is 16.5 Å². The van der Waals surface area contributed by atoms with Crippen molar-refractivity contribution in [2.75, 3.05) is 0 Å². The maximum Gasteiger partial charge on any atom is 0.189 e. The first kappa shape index (κ1) is 16.5. The van der Waals surface area contributed by atoms with E-state index >= 15 is 0 Å². The Morgan fingerprint density at radius 3 is 1.94 bits per heavy atom. The van der Waals surface area contributed by atoms with E-state index in [-0.39, 0.29) is 11.0 Å². The summed E-state index contributed by atoms with van der Waals surface area (Å²) in [6.45, 7) is 14.7. The molecule has 0 aromatic heterocycles. The van der Waals surface area contributed by atoms with Crippen LogP contribution in [-0.2, 0) is 4.79 Å². The van der Waals surface area contributed by atoms with Crippen molar-refractivity contribution >= 4 is 34.2 Å². The van der Waals surface area contributed by atoms with Crippen molar-refractivity contribution < 1.29 is 4.79 Å².